The van der Waals surface area contributed by atoms with Gasteiger partial charge in [0.25, 0.3) is 0 Å². The van der Waals surface area contributed by atoms with Crippen molar-refractivity contribution in [1.82, 2.24) is 9.80 Å². The Bertz CT molecular complexity index is 449. The van der Waals surface area contributed by atoms with Gasteiger partial charge in [-0.1, -0.05) is 0 Å². The third kappa shape index (κ3) is 2.92. The van der Waals surface area contributed by atoms with Gasteiger partial charge in [-0.15, -0.1) is 0 Å². The molecule has 1 spiro atoms. The molecule has 0 aromatic heterocycles. The van der Waals surface area contributed by atoms with Crippen molar-refractivity contribution in [2.75, 3.05) is 52.6 Å². The van der Waals surface area contributed by atoms with Crippen LogP contribution < -0.4 is 0 Å². The predicted octanol–water partition coefficient (Wildman–Crippen LogP) is 1.23. The van der Waals surface area contributed by atoms with Gasteiger partial charge >= 0.3 is 0 Å². The minimum absolute atomic E-state index is 0.250. The summed E-state index contributed by atoms with van der Waals surface area (Å²) >= 11 is 0. The molecule has 3 saturated heterocycles. The highest BCUT2D eigenvalue weighted by Crippen LogP contribution is 2.52. The van der Waals surface area contributed by atoms with Crippen LogP contribution in [0.1, 0.15) is 26.7 Å². The number of carbonyl (C=O) groups excluding carboxylic acids is 1. The van der Waals surface area contributed by atoms with E-state index in [-0.39, 0.29) is 11.3 Å². The van der Waals surface area contributed by atoms with Crippen molar-refractivity contribution in [2.45, 2.75) is 32.7 Å². The van der Waals surface area contributed by atoms with E-state index in [9.17, 15) is 4.79 Å². The average Bonchev–Trinajstić information content (AvgIpc) is 3.11. The second kappa shape index (κ2) is 6.01. The van der Waals surface area contributed by atoms with Gasteiger partial charge in [-0.3, -0.25) is 9.69 Å². The molecular formula is C18H30N2O3. The van der Waals surface area contributed by atoms with Gasteiger partial charge in [0.05, 0.1) is 26.4 Å². The lowest BCUT2D eigenvalue weighted by atomic mass is 9.78. The van der Waals surface area contributed by atoms with E-state index in [1.54, 1.807) is 0 Å². The number of carbonyl (C=O) groups is 1. The van der Waals surface area contributed by atoms with Crippen LogP contribution in [0.5, 0.6) is 0 Å². The molecule has 3 heterocycles. The number of rotatable bonds is 2. The van der Waals surface area contributed by atoms with Crippen molar-refractivity contribution in [3.8, 4) is 0 Å². The summed E-state index contributed by atoms with van der Waals surface area (Å²) in [5, 5.41) is 0. The summed E-state index contributed by atoms with van der Waals surface area (Å²) in [5.41, 5.74) is 0.250. The fourth-order valence-corrected chi connectivity index (χ4v) is 4.79. The van der Waals surface area contributed by atoms with Crippen molar-refractivity contribution in [3.63, 3.8) is 0 Å². The summed E-state index contributed by atoms with van der Waals surface area (Å²) in [6.45, 7) is 11.8. The van der Waals surface area contributed by atoms with Crippen LogP contribution >= 0.6 is 0 Å². The maximum absolute atomic E-state index is 12.7. The molecule has 130 valence electrons. The molecular weight excluding hydrogens is 292 g/mol. The van der Waals surface area contributed by atoms with Gasteiger partial charge in [-0.05, 0) is 38.5 Å². The number of amides is 1. The van der Waals surface area contributed by atoms with E-state index in [1.807, 2.05) is 0 Å². The Morgan fingerprint density at radius 1 is 1.09 bits per heavy atom. The Kier molecular flexibility index (Phi) is 4.14. The third-order valence-corrected chi connectivity index (χ3v) is 6.57. The number of likely N-dealkylation sites (tertiary alicyclic amines) is 1. The molecule has 0 aromatic rings. The molecule has 3 aliphatic heterocycles. The van der Waals surface area contributed by atoms with E-state index in [4.69, 9.17) is 9.47 Å². The van der Waals surface area contributed by atoms with Gasteiger partial charge in [0, 0.05) is 43.6 Å². The Balaban J connectivity index is 1.35. The topological polar surface area (TPSA) is 42.0 Å². The summed E-state index contributed by atoms with van der Waals surface area (Å²) in [4.78, 5) is 17.4. The van der Waals surface area contributed by atoms with Crippen LogP contribution in [0.4, 0.5) is 0 Å². The van der Waals surface area contributed by atoms with Gasteiger partial charge in [-0.2, -0.15) is 0 Å². The fraction of sp³-hybridized carbons (Fsp3) is 0.944. The zero-order valence-corrected chi connectivity index (χ0v) is 14.5. The fourth-order valence-electron chi connectivity index (χ4n) is 4.79. The van der Waals surface area contributed by atoms with E-state index in [1.165, 1.54) is 0 Å². The van der Waals surface area contributed by atoms with Crippen molar-refractivity contribution in [1.29, 1.82) is 0 Å². The van der Waals surface area contributed by atoms with Crippen molar-refractivity contribution >= 4 is 5.91 Å². The highest BCUT2D eigenvalue weighted by atomic mass is 16.5. The monoisotopic (exact) mass is 322 g/mol. The minimum Gasteiger partial charge on any atom is -0.381 e. The van der Waals surface area contributed by atoms with Crippen molar-refractivity contribution in [3.05, 3.63) is 0 Å². The van der Waals surface area contributed by atoms with Crippen LogP contribution in [-0.2, 0) is 14.3 Å². The van der Waals surface area contributed by atoms with Gasteiger partial charge in [-0.25, -0.2) is 0 Å². The lowest BCUT2D eigenvalue weighted by molar-refractivity contribution is -0.137. The first-order valence-corrected chi connectivity index (χ1v) is 9.28. The zero-order chi connectivity index (χ0) is 16.0. The molecule has 23 heavy (non-hydrogen) atoms. The van der Waals surface area contributed by atoms with E-state index < -0.39 is 0 Å². The van der Waals surface area contributed by atoms with Gasteiger partial charge in [0.15, 0.2) is 0 Å². The molecule has 0 radical (unpaired) electrons. The molecule has 0 bridgehead atoms. The molecule has 1 saturated carbocycles. The number of hydrogen-bond donors (Lipinski definition) is 0. The van der Waals surface area contributed by atoms with Crippen LogP contribution in [0.3, 0.4) is 0 Å². The molecule has 3 atom stereocenters. The van der Waals surface area contributed by atoms with E-state index in [2.05, 4.69) is 23.6 Å². The number of piperidine rings is 1. The maximum atomic E-state index is 12.7. The first-order chi connectivity index (χ1) is 11.1. The number of nitrogens with zero attached hydrogens (tertiary/aromatic N) is 2. The maximum Gasteiger partial charge on any atom is 0.226 e. The van der Waals surface area contributed by atoms with E-state index >= 15 is 0 Å². The molecule has 1 unspecified atom stereocenters. The number of hydrogen-bond acceptors (Lipinski definition) is 4. The first-order valence-electron chi connectivity index (χ1n) is 9.28. The Morgan fingerprint density at radius 3 is 2.43 bits per heavy atom. The summed E-state index contributed by atoms with van der Waals surface area (Å²) < 4.78 is 11.3. The Hall–Kier alpha value is -0.650. The van der Waals surface area contributed by atoms with Crippen LogP contribution in [0, 0.1) is 23.2 Å². The van der Waals surface area contributed by atoms with Gasteiger partial charge in [0.2, 0.25) is 5.91 Å². The molecule has 0 aromatic carbocycles. The van der Waals surface area contributed by atoms with Crippen molar-refractivity contribution < 1.29 is 14.3 Å². The van der Waals surface area contributed by atoms with E-state index in [0.717, 1.165) is 65.4 Å². The van der Waals surface area contributed by atoms with Gasteiger partial charge < -0.3 is 14.4 Å². The van der Waals surface area contributed by atoms with Crippen LogP contribution in [0.2, 0.25) is 0 Å². The second-order valence-corrected chi connectivity index (χ2v) is 8.33. The molecule has 5 heteroatoms. The summed E-state index contributed by atoms with van der Waals surface area (Å²) in [5.74, 6) is 1.72. The molecule has 5 nitrogen and oxygen atoms in total. The van der Waals surface area contributed by atoms with Crippen LogP contribution in [0.15, 0.2) is 0 Å². The quantitative estimate of drug-likeness (QED) is 0.767. The summed E-state index contributed by atoms with van der Waals surface area (Å²) in [6.07, 6.45) is 2.17. The smallest absolute Gasteiger partial charge is 0.226 e. The van der Waals surface area contributed by atoms with E-state index in [0.29, 0.717) is 23.8 Å². The highest BCUT2D eigenvalue weighted by Gasteiger charge is 2.59. The summed E-state index contributed by atoms with van der Waals surface area (Å²) in [7, 11) is 0. The zero-order valence-electron chi connectivity index (χ0n) is 14.5. The Labute approximate surface area is 139 Å². The molecule has 1 amide bonds. The standard InChI is InChI=1S/C18H30N2O3/c1-13(2)20-7-8-22-12-18(11-20)3-5-19(6-4-18)17(21)16-14-9-23-10-15(14)16/h13-16H,3-12H2,1-2H3/t14-,15+,16?. The predicted molar refractivity (Wildman–Crippen MR) is 87.1 cm³/mol. The van der Waals surface area contributed by atoms with Crippen molar-refractivity contribution in [2.24, 2.45) is 23.2 Å². The first kappa shape index (κ1) is 15.9. The average molecular weight is 322 g/mol. The lowest BCUT2D eigenvalue weighted by Crippen LogP contribution is -2.50. The third-order valence-electron chi connectivity index (χ3n) is 6.57. The number of ether oxygens (including phenoxy) is 2. The largest absolute Gasteiger partial charge is 0.381 e. The SMILES string of the molecule is CC(C)N1CCOCC2(CCN(C(=O)C3[C@H]4COC[C@@H]34)CC2)C1. The molecule has 4 fully saturated rings. The Morgan fingerprint density at radius 2 is 1.78 bits per heavy atom. The van der Waals surface area contributed by atoms with Crippen LogP contribution in [-0.4, -0.2) is 74.4 Å². The molecule has 1 aliphatic carbocycles. The molecule has 0 N–H and O–H groups in total. The second-order valence-electron chi connectivity index (χ2n) is 8.33. The summed E-state index contributed by atoms with van der Waals surface area (Å²) in [6, 6.07) is 0.569. The highest BCUT2D eigenvalue weighted by molar-refractivity contribution is 5.82. The van der Waals surface area contributed by atoms with Gasteiger partial charge in [0.1, 0.15) is 0 Å². The lowest BCUT2D eigenvalue weighted by Gasteiger charge is -2.43. The molecule has 4 rings (SSSR count). The normalized spacial score (nSPS) is 37.0. The minimum atomic E-state index is 0.250. The van der Waals surface area contributed by atoms with Crippen LogP contribution in [0.25, 0.3) is 0 Å². The number of fused-ring (bicyclic) bond motifs is 1. The molecule has 4 aliphatic rings.